The van der Waals surface area contributed by atoms with Crippen LogP contribution in [0.5, 0.6) is 0 Å². The van der Waals surface area contributed by atoms with Crippen LogP contribution in [0.15, 0.2) is 36.5 Å². The van der Waals surface area contributed by atoms with Crippen molar-refractivity contribution in [2.45, 2.75) is 117 Å². The third-order valence-electron chi connectivity index (χ3n) is 5.24. The number of hydrogen-bond acceptors (Lipinski definition) is 2. The minimum atomic E-state index is -0.358. The zero-order chi connectivity index (χ0) is 20.7. The average molecular weight is 389 g/mol. The molecule has 1 saturated carbocycles. The highest BCUT2D eigenvalue weighted by Gasteiger charge is 2.51. The number of ether oxygens (including phenoxy) is 1. The maximum absolute atomic E-state index is 12.3. The van der Waals surface area contributed by atoms with E-state index in [0.717, 1.165) is 38.5 Å². The molecular weight excluding hydrogens is 344 g/mol. The van der Waals surface area contributed by atoms with Crippen molar-refractivity contribution < 1.29 is 9.53 Å². The van der Waals surface area contributed by atoms with E-state index in [1.165, 1.54) is 44.9 Å². The molecule has 0 aromatic heterocycles. The maximum Gasteiger partial charge on any atom is 0.312 e. The summed E-state index contributed by atoms with van der Waals surface area (Å²) in [7, 11) is 0. The quantitative estimate of drug-likeness (QED) is 0.161. The molecule has 0 atom stereocenters. The predicted molar refractivity (Wildman–Crippen MR) is 121 cm³/mol. The fourth-order valence-corrected chi connectivity index (χ4v) is 3.35. The van der Waals surface area contributed by atoms with Gasteiger partial charge in [0.1, 0.15) is 5.60 Å². The van der Waals surface area contributed by atoms with Gasteiger partial charge in [-0.05, 0) is 72.1 Å². The Morgan fingerprint density at radius 1 is 0.821 bits per heavy atom. The summed E-state index contributed by atoms with van der Waals surface area (Å²) in [4.78, 5) is 12.3. The lowest BCUT2D eigenvalue weighted by molar-refractivity contribution is -0.162. The first-order valence-electron chi connectivity index (χ1n) is 11.6. The molecule has 2 nitrogen and oxygen atoms in total. The van der Waals surface area contributed by atoms with E-state index in [0.29, 0.717) is 0 Å². The second kappa shape index (κ2) is 13.8. The monoisotopic (exact) mass is 388 g/mol. The summed E-state index contributed by atoms with van der Waals surface area (Å²) in [5.41, 5.74) is -0.484. The minimum absolute atomic E-state index is 0.0408. The molecule has 1 fully saturated rings. The average Bonchev–Trinajstić information content (AvgIpc) is 3.41. The van der Waals surface area contributed by atoms with Crippen molar-refractivity contribution >= 4 is 5.97 Å². The molecule has 0 saturated heterocycles. The van der Waals surface area contributed by atoms with Gasteiger partial charge in [-0.3, -0.25) is 4.79 Å². The summed E-state index contributed by atoms with van der Waals surface area (Å²) in [6.45, 7) is 8.04. The number of unbranched alkanes of at least 4 members (excludes halogenated alkanes) is 6. The van der Waals surface area contributed by atoms with Gasteiger partial charge < -0.3 is 4.74 Å². The Labute approximate surface area is 174 Å². The van der Waals surface area contributed by atoms with Gasteiger partial charge in [-0.15, -0.1) is 0 Å². The third kappa shape index (κ3) is 12.2. The van der Waals surface area contributed by atoms with E-state index < -0.39 is 0 Å². The van der Waals surface area contributed by atoms with Crippen molar-refractivity contribution in [3.63, 3.8) is 0 Å². The van der Waals surface area contributed by atoms with Crippen LogP contribution >= 0.6 is 0 Å². The van der Waals surface area contributed by atoms with E-state index in [9.17, 15) is 4.79 Å². The van der Waals surface area contributed by atoms with E-state index in [4.69, 9.17) is 4.74 Å². The molecule has 0 unspecified atom stereocenters. The van der Waals surface area contributed by atoms with Crippen LogP contribution in [0.3, 0.4) is 0 Å². The predicted octanol–water partition coefficient (Wildman–Crippen LogP) is 8.09. The van der Waals surface area contributed by atoms with Gasteiger partial charge in [0, 0.05) is 0 Å². The minimum Gasteiger partial charge on any atom is -0.460 e. The molecule has 0 spiro atoms. The first kappa shape index (κ1) is 24.7. The lowest BCUT2D eigenvalue weighted by Crippen LogP contribution is -2.29. The van der Waals surface area contributed by atoms with Crippen LogP contribution in [-0.2, 0) is 9.53 Å². The van der Waals surface area contributed by atoms with Gasteiger partial charge in [0.05, 0.1) is 5.41 Å². The van der Waals surface area contributed by atoms with Gasteiger partial charge in [0.15, 0.2) is 0 Å². The molecule has 1 aliphatic rings. The van der Waals surface area contributed by atoms with Crippen LogP contribution in [0.1, 0.15) is 111 Å². The van der Waals surface area contributed by atoms with Crippen LogP contribution in [0.2, 0.25) is 0 Å². The second-order valence-electron chi connectivity index (χ2n) is 9.24. The normalized spacial score (nSPS) is 16.4. The lowest BCUT2D eigenvalue weighted by Gasteiger charge is -2.23. The van der Waals surface area contributed by atoms with E-state index in [-0.39, 0.29) is 17.0 Å². The number of carbonyl (C=O) groups excluding carboxylic acids is 1. The van der Waals surface area contributed by atoms with Crippen molar-refractivity contribution in [1.29, 1.82) is 0 Å². The molecule has 0 bridgehead atoms. The molecular formula is C26H44O2. The molecule has 0 N–H and O–H groups in total. The highest BCUT2D eigenvalue weighted by molar-refractivity contribution is 5.80. The van der Waals surface area contributed by atoms with Crippen molar-refractivity contribution in [3.05, 3.63) is 36.5 Å². The molecule has 0 heterocycles. The van der Waals surface area contributed by atoms with Crippen LogP contribution in [0.25, 0.3) is 0 Å². The van der Waals surface area contributed by atoms with Crippen molar-refractivity contribution in [2.24, 2.45) is 5.41 Å². The molecule has 0 aromatic carbocycles. The third-order valence-corrected chi connectivity index (χ3v) is 5.24. The Morgan fingerprint density at radius 3 is 1.93 bits per heavy atom. The zero-order valence-electron chi connectivity index (χ0n) is 19.0. The van der Waals surface area contributed by atoms with Crippen LogP contribution in [0.4, 0.5) is 0 Å². The van der Waals surface area contributed by atoms with E-state index in [2.05, 4.69) is 43.4 Å². The number of hydrogen-bond donors (Lipinski definition) is 0. The molecule has 28 heavy (non-hydrogen) atoms. The number of carbonyl (C=O) groups is 1. The van der Waals surface area contributed by atoms with Gasteiger partial charge in [-0.25, -0.2) is 0 Å². The molecule has 0 aliphatic heterocycles. The SMILES string of the molecule is CC/C=C\C/C=C\C/C=C\CCCCCCCCC1(C(=O)OC(C)(C)C)CC1. The summed E-state index contributed by atoms with van der Waals surface area (Å²) in [5, 5.41) is 0. The number of esters is 1. The van der Waals surface area contributed by atoms with Gasteiger partial charge in [-0.1, -0.05) is 75.5 Å². The summed E-state index contributed by atoms with van der Waals surface area (Å²) in [5.74, 6) is 0.0408. The highest BCUT2D eigenvalue weighted by atomic mass is 16.6. The van der Waals surface area contributed by atoms with Crippen molar-refractivity contribution in [1.82, 2.24) is 0 Å². The fourth-order valence-electron chi connectivity index (χ4n) is 3.35. The highest BCUT2D eigenvalue weighted by Crippen LogP contribution is 2.51. The summed E-state index contributed by atoms with van der Waals surface area (Å²) in [6, 6.07) is 0. The van der Waals surface area contributed by atoms with Crippen molar-refractivity contribution in [2.75, 3.05) is 0 Å². The molecule has 0 aromatic rings. The largest absolute Gasteiger partial charge is 0.460 e. The van der Waals surface area contributed by atoms with Gasteiger partial charge >= 0.3 is 5.97 Å². The van der Waals surface area contributed by atoms with E-state index in [1.807, 2.05) is 20.8 Å². The topological polar surface area (TPSA) is 26.3 Å². The van der Waals surface area contributed by atoms with Gasteiger partial charge in [0.2, 0.25) is 0 Å². The Kier molecular flexibility index (Phi) is 12.2. The van der Waals surface area contributed by atoms with E-state index in [1.54, 1.807) is 0 Å². The fraction of sp³-hybridized carbons (Fsp3) is 0.731. The van der Waals surface area contributed by atoms with Crippen LogP contribution in [-0.4, -0.2) is 11.6 Å². The van der Waals surface area contributed by atoms with Crippen LogP contribution in [0, 0.1) is 5.41 Å². The first-order valence-corrected chi connectivity index (χ1v) is 11.6. The Balaban J connectivity index is 1.94. The smallest absolute Gasteiger partial charge is 0.312 e. The molecule has 2 heteroatoms. The Bertz CT molecular complexity index is 501. The first-order chi connectivity index (χ1) is 13.4. The second-order valence-corrected chi connectivity index (χ2v) is 9.24. The summed E-state index contributed by atoms with van der Waals surface area (Å²) in [6.07, 6.45) is 28.7. The molecule has 1 rings (SSSR count). The molecule has 1 aliphatic carbocycles. The molecule has 0 radical (unpaired) electrons. The maximum atomic E-state index is 12.3. The number of rotatable bonds is 15. The summed E-state index contributed by atoms with van der Waals surface area (Å²) < 4.78 is 5.59. The standard InChI is InChI=1S/C26H44O2/c1-5-6-7-8-9-10-11-12-13-14-15-16-17-18-19-20-21-26(22-23-26)24(27)28-25(2,3)4/h6-7,9-10,12-13H,5,8,11,14-23H2,1-4H3/b7-6-,10-9-,13-12-. The van der Waals surface area contributed by atoms with Gasteiger partial charge in [0.25, 0.3) is 0 Å². The van der Waals surface area contributed by atoms with Crippen LogP contribution < -0.4 is 0 Å². The number of allylic oxidation sites excluding steroid dienone is 6. The Hall–Kier alpha value is -1.31. The lowest BCUT2D eigenvalue weighted by atomic mass is 9.97. The Morgan fingerprint density at radius 2 is 1.36 bits per heavy atom. The molecule has 0 amide bonds. The molecule has 160 valence electrons. The van der Waals surface area contributed by atoms with Crippen molar-refractivity contribution in [3.8, 4) is 0 Å². The zero-order valence-corrected chi connectivity index (χ0v) is 19.0. The van der Waals surface area contributed by atoms with Gasteiger partial charge in [-0.2, -0.15) is 0 Å². The van der Waals surface area contributed by atoms with E-state index >= 15 is 0 Å². The summed E-state index contributed by atoms with van der Waals surface area (Å²) >= 11 is 0.